The van der Waals surface area contributed by atoms with E-state index in [0.717, 1.165) is 19.3 Å². The van der Waals surface area contributed by atoms with Crippen molar-refractivity contribution in [2.45, 2.75) is 82.8 Å². The normalized spacial score (nSPS) is 12.6. The predicted octanol–water partition coefficient (Wildman–Crippen LogP) is 5.28. The summed E-state index contributed by atoms with van der Waals surface area (Å²) in [6.07, 6.45) is 12.7. The van der Waals surface area contributed by atoms with Crippen molar-refractivity contribution in [1.82, 2.24) is 0 Å². The zero-order valence-electron chi connectivity index (χ0n) is 14.4. The average Bonchev–Trinajstić information content (AvgIpc) is 2.52. The van der Waals surface area contributed by atoms with Crippen LogP contribution in [0.25, 0.3) is 0 Å². The molecule has 134 valence electrons. The minimum absolute atomic E-state index is 0. The Balaban J connectivity index is 0.00000529. The number of hydrogen-bond donors (Lipinski definition) is 1. The van der Waals surface area contributed by atoms with Crippen molar-refractivity contribution in [3.63, 3.8) is 0 Å². The first-order valence-electron chi connectivity index (χ1n) is 9.07. The Morgan fingerprint density at radius 1 is 0.833 bits per heavy atom. The molecule has 0 heterocycles. The molecule has 0 aliphatic heterocycles. The summed E-state index contributed by atoms with van der Waals surface area (Å²) in [4.78, 5) is 0. The number of hydrogen-bond acceptors (Lipinski definition) is 2. The van der Waals surface area contributed by atoms with Gasteiger partial charge >= 0.3 is 29.6 Å². The van der Waals surface area contributed by atoms with Gasteiger partial charge in [-0.1, -0.05) is 101 Å². The van der Waals surface area contributed by atoms with Crippen LogP contribution < -0.4 is 0 Å². The van der Waals surface area contributed by atoms with E-state index in [-0.39, 0.29) is 29.6 Å². The van der Waals surface area contributed by atoms with Crippen molar-refractivity contribution in [2.75, 3.05) is 0 Å². The number of rotatable bonds is 13. The second-order valence-electron chi connectivity index (χ2n) is 6.38. The summed E-state index contributed by atoms with van der Waals surface area (Å²) in [7, 11) is -4.03. The van der Waals surface area contributed by atoms with Gasteiger partial charge in [-0.05, 0) is 12.0 Å². The minimum atomic E-state index is -4.03. The topological polar surface area (TPSA) is 54.4 Å². The molecule has 0 aliphatic carbocycles. The van der Waals surface area contributed by atoms with E-state index in [4.69, 9.17) is 0 Å². The van der Waals surface area contributed by atoms with Crippen molar-refractivity contribution in [3.8, 4) is 0 Å². The van der Waals surface area contributed by atoms with Gasteiger partial charge in [-0.2, -0.15) is 8.42 Å². The van der Waals surface area contributed by atoms with Gasteiger partial charge in [-0.25, -0.2) is 0 Å². The molecule has 1 aromatic rings. The summed E-state index contributed by atoms with van der Waals surface area (Å²) >= 11 is 0. The molecule has 0 amide bonds. The van der Waals surface area contributed by atoms with Crippen molar-refractivity contribution >= 4 is 39.7 Å². The third-order valence-corrected chi connectivity index (χ3v) is 5.58. The monoisotopic (exact) mass is 364 g/mol. The van der Waals surface area contributed by atoms with Crippen molar-refractivity contribution < 1.29 is 13.0 Å². The molecule has 1 N–H and O–H groups in total. The van der Waals surface area contributed by atoms with Crippen LogP contribution in [-0.4, -0.2) is 42.5 Å². The zero-order valence-corrected chi connectivity index (χ0v) is 15.2. The Hall–Kier alpha value is 0.130. The van der Waals surface area contributed by atoms with E-state index in [9.17, 15) is 13.0 Å². The summed E-state index contributed by atoms with van der Waals surface area (Å²) in [6, 6.07) is 9.02. The van der Waals surface area contributed by atoms with Crippen LogP contribution in [-0.2, 0) is 10.1 Å². The second-order valence-corrected chi connectivity index (χ2v) is 7.98. The van der Waals surface area contributed by atoms with Gasteiger partial charge in [0.25, 0.3) is 10.1 Å². The summed E-state index contributed by atoms with van der Waals surface area (Å²) < 4.78 is 32.6. The molecule has 1 aromatic carbocycles. The van der Waals surface area contributed by atoms with Gasteiger partial charge < -0.3 is 0 Å². The Morgan fingerprint density at radius 3 is 1.75 bits per heavy atom. The number of benzene rings is 1. The Kier molecular flexibility index (Phi) is 14.4. The first-order chi connectivity index (χ1) is 11.1. The van der Waals surface area contributed by atoms with Crippen LogP contribution in [0.3, 0.4) is 0 Å². The maximum absolute atomic E-state index is 11.6. The molecule has 0 saturated carbocycles. The van der Waals surface area contributed by atoms with Gasteiger partial charge in [0.05, 0.1) is 0 Å². The molecule has 0 radical (unpaired) electrons. The van der Waals surface area contributed by atoms with Crippen LogP contribution >= 0.6 is 0 Å². The fourth-order valence-corrected chi connectivity index (χ4v) is 3.94. The van der Waals surface area contributed by atoms with Crippen LogP contribution in [0.15, 0.2) is 30.3 Å². The van der Waals surface area contributed by atoms with Crippen molar-refractivity contribution in [2.24, 2.45) is 0 Å². The molecule has 0 fully saturated rings. The fraction of sp³-hybridized carbons (Fsp3) is 0.684. The second kappa shape index (κ2) is 14.3. The van der Waals surface area contributed by atoms with E-state index < -0.39 is 15.4 Å². The van der Waals surface area contributed by atoms with Crippen molar-refractivity contribution in [1.29, 1.82) is 0 Å². The fourth-order valence-electron chi connectivity index (χ4n) is 2.97. The Bertz CT molecular complexity index is 503. The summed E-state index contributed by atoms with van der Waals surface area (Å²) in [5, 5.41) is -0.780. The van der Waals surface area contributed by atoms with Gasteiger partial charge in [0.2, 0.25) is 0 Å². The van der Waals surface area contributed by atoms with E-state index in [1.807, 2.05) is 18.2 Å². The molecule has 0 spiro atoms. The van der Waals surface area contributed by atoms with Crippen LogP contribution in [0, 0.1) is 0 Å². The standard InChI is InChI=1S/C19H32O3S.Na.H/c1-2-3-4-5-6-7-8-9-10-14-17-19(23(20,21)22)18-15-12-11-13-16-18;;/h11-13,15-16,19H,2-10,14,17H2,1H3,(H,20,21,22);;. The molecule has 1 atom stereocenters. The summed E-state index contributed by atoms with van der Waals surface area (Å²) in [5.74, 6) is 0. The molecular weight excluding hydrogens is 331 g/mol. The van der Waals surface area contributed by atoms with Gasteiger partial charge in [-0.15, -0.1) is 0 Å². The molecule has 0 aliphatic rings. The van der Waals surface area contributed by atoms with Gasteiger partial charge in [0.15, 0.2) is 0 Å². The quantitative estimate of drug-likeness (QED) is 0.294. The predicted molar refractivity (Wildman–Crippen MR) is 104 cm³/mol. The van der Waals surface area contributed by atoms with E-state index in [1.54, 1.807) is 12.1 Å². The first-order valence-corrected chi connectivity index (χ1v) is 10.6. The molecule has 3 nitrogen and oxygen atoms in total. The van der Waals surface area contributed by atoms with Gasteiger partial charge in [0.1, 0.15) is 5.25 Å². The zero-order chi connectivity index (χ0) is 17.0. The molecule has 1 unspecified atom stereocenters. The van der Waals surface area contributed by atoms with Crippen LogP contribution in [0.1, 0.15) is 88.4 Å². The first kappa shape index (κ1) is 24.1. The SMILES string of the molecule is CCCCCCCCCCCCC(c1ccccc1)S(=O)(=O)O.[NaH]. The van der Waals surface area contributed by atoms with Crippen molar-refractivity contribution in [3.05, 3.63) is 35.9 Å². The Labute approximate surface area is 170 Å². The third kappa shape index (κ3) is 10.9. The number of unbranched alkanes of at least 4 members (excludes halogenated alkanes) is 9. The maximum atomic E-state index is 11.6. The molecule has 1 rings (SSSR count). The third-order valence-electron chi connectivity index (χ3n) is 4.35. The van der Waals surface area contributed by atoms with E-state index in [2.05, 4.69) is 6.92 Å². The van der Waals surface area contributed by atoms with E-state index in [1.165, 1.54) is 44.9 Å². The summed E-state index contributed by atoms with van der Waals surface area (Å²) in [6.45, 7) is 2.23. The molecule has 0 bridgehead atoms. The average molecular weight is 365 g/mol. The molecule has 0 saturated heterocycles. The van der Waals surface area contributed by atoms with Gasteiger partial charge in [0, 0.05) is 0 Å². The molecule has 5 heteroatoms. The van der Waals surface area contributed by atoms with E-state index >= 15 is 0 Å². The Morgan fingerprint density at radius 2 is 1.29 bits per heavy atom. The van der Waals surface area contributed by atoms with Crippen LogP contribution in [0.2, 0.25) is 0 Å². The van der Waals surface area contributed by atoms with Gasteiger partial charge in [-0.3, -0.25) is 4.55 Å². The molecular formula is C19H33NaO3S. The summed E-state index contributed by atoms with van der Waals surface area (Å²) in [5.41, 5.74) is 0.686. The van der Waals surface area contributed by atoms with Crippen LogP contribution in [0.4, 0.5) is 0 Å². The molecule has 0 aromatic heterocycles. The molecule has 24 heavy (non-hydrogen) atoms. The van der Waals surface area contributed by atoms with Crippen LogP contribution in [0.5, 0.6) is 0 Å². The van der Waals surface area contributed by atoms with E-state index in [0.29, 0.717) is 12.0 Å².